The van der Waals surface area contributed by atoms with Crippen LogP contribution in [0, 0.1) is 11.8 Å². The summed E-state index contributed by atoms with van der Waals surface area (Å²) in [5.74, 6) is 0.0772. The van der Waals surface area contributed by atoms with Crippen molar-refractivity contribution in [1.82, 2.24) is 20.4 Å². The minimum Gasteiger partial charge on any atom is -0.273 e. The molecule has 1 N–H and O–H groups in total. The fraction of sp³-hybridized carbons (Fsp3) is 0.500. The van der Waals surface area contributed by atoms with Crippen LogP contribution in [0.5, 0.6) is 0 Å². The summed E-state index contributed by atoms with van der Waals surface area (Å²) in [6.45, 7) is 1.98. The van der Waals surface area contributed by atoms with Crippen molar-refractivity contribution in [3.8, 4) is 0 Å². The molecule has 1 amide bonds. The number of hydrogen-bond acceptors (Lipinski definition) is 5. The van der Waals surface area contributed by atoms with E-state index < -0.39 is 0 Å². The molecule has 1 aliphatic heterocycles. The van der Waals surface area contributed by atoms with Gasteiger partial charge in [0.15, 0.2) is 0 Å². The van der Waals surface area contributed by atoms with Crippen LogP contribution in [0.1, 0.15) is 55.8 Å². The molecule has 2 aromatic rings. The first-order valence-corrected chi connectivity index (χ1v) is 8.90. The van der Waals surface area contributed by atoms with Gasteiger partial charge in [0.25, 0.3) is 5.91 Å². The van der Waals surface area contributed by atoms with E-state index in [9.17, 15) is 9.59 Å². The quantitative estimate of drug-likeness (QED) is 0.910. The molecule has 25 heavy (non-hydrogen) atoms. The number of benzene rings is 1. The van der Waals surface area contributed by atoms with E-state index in [1.807, 2.05) is 25.1 Å². The number of carbonyl (C=O) groups is 2. The molecule has 1 unspecified atom stereocenters. The second-order valence-corrected chi connectivity index (χ2v) is 7.02. The maximum absolute atomic E-state index is 12.7. The van der Waals surface area contributed by atoms with Gasteiger partial charge < -0.3 is 0 Å². The van der Waals surface area contributed by atoms with Gasteiger partial charge in [-0.25, -0.2) is 5.43 Å². The Morgan fingerprint density at radius 1 is 1.24 bits per heavy atom. The third-order valence-electron chi connectivity index (χ3n) is 5.16. The zero-order valence-electron chi connectivity index (χ0n) is 14.2. The van der Waals surface area contributed by atoms with Gasteiger partial charge in [-0.15, -0.1) is 5.10 Å². The molecule has 2 aliphatic rings. The van der Waals surface area contributed by atoms with Crippen molar-refractivity contribution in [1.29, 1.82) is 0 Å². The Hall–Kier alpha value is -2.57. The first kappa shape index (κ1) is 15.9. The average Bonchev–Trinajstić information content (AvgIpc) is 3.05. The predicted molar refractivity (Wildman–Crippen MR) is 93.2 cm³/mol. The lowest BCUT2D eigenvalue weighted by Crippen LogP contribution is -2.31. The van der Waals surface area contributed by atoms with Crippen LogP contribution in [0.2, 0.25) is 0 Å². The van der Waals surface area contributed by atoms with Gasteiger partial charge in [-0.05, 0) is 25.0 Å². The number of carbonyl (C=O) groups excluding carboxylic acids is 2. The molecule has 7 heteroatoms. The lowest BCUT2D eigenvalue weighted by atomic mass is 9.88. The van der Waals surface area contributed by atoms with Crippen LogP contribution in [-0.4, -0.2) is 32.5 Å². The fourth-order valence-electron chi connectivity index (χ4n) is 3.77. The summed E-state index contributed by atoms with van der Waals surface area (Å²) < 4.78 is 1.45. The lowest BCUT2D eigenvalue weighted by molar-refractivity contribution is -0.121. The Labute approximate surface area is 145 Å². The highest BCUT2D eigenvalue weighted by atomic mass is 16.2. The van der Waals surface area contributed by atoms with Crippen LogP contribution in [0.15, 0.2) is 23.3 Å². The molecule has 1 atom stereocenters. The number of nitrogens with zero attached hydrogens (tertiary/aromatic N) is 4. The highest BCUT2D eigenvalue weighted by Crippen LogP contribution is 2.26. The highest BCUT2D eigenvalue weighted by molar-refractivity contribution is 6.07. The molecule has 2 heterocycles. The number of fused-ring (bicyclic) bond motifs is 1. The summed E-state index contributed by atoms with van der Waals surface area (Å²) in [5.41, 5.74) is 5.66. The molecule has 0 saturated heterocycles. The van der Waals surface area contributed by atoms with Gasteiger partial charge in [-0.1, -0.05) is 37.5 Å². The topological polar surface area (TPSA) is 89.2 Å². The van der Waals surface area contributed by atoms with Gasteiger partial charge in [0.2, 0.25) is 5.91 Å². The zero-order valence-corrected chi connectivity index (χ0v) is 14.2. The molecule has 7 nitrogen and oxygen atoms in total. The van der Waals surface area contributed by atoms with E-state index in [4.69, 9.17) is 0 Å². The Balaban J connectivity index is 1.65. The van der Waals surface area contributed by atoms with Gasteiger partial charge in [0.1, 0.15) is 5.52 Å². The second kappa shape index (κ2) is 6.38. The maximum Gasteiger partial charge on any atom is 0.251 e. The van der Waals surface area contributed by atoms with E-state index in [0.717, 1.165) is 42.5 Å². The standard InChI is InChI=1S/C18H21N5O2/c1-11-9-16(24)20-21-17(11)13-7-8-15-14(10-13)19-22-23(15)18(25)12-5-3-2-4-6-12/h7-8,10-12H,2-6,9H2,1H3,(H,20,24). The number of aromatic nitrogens is 3. The first-order chi connectivity index (χ1) is 12.1. The number of hydrazone groups is 1. The van der Waals surface area contributed by atoms with Crippen molar-refractivity contribution < 1.29 is 9.59 Å². The molecule has 1 aromatic carbocycles. The number of hydrogen-bond donors (Lipinski definition) is 1. The molecular weight excluding hydrogens is 318 g/mol. The van der Waals surface area contributed by atoms with Crippen molar-refractivity contribution in [3.63, 3.8) is 0 Å². The van der Waals surface area contributed by atoms with Crippen LogP contribution in [0.3, 0.4) is 0 Å². The van der Waals surface area contributed by atoms with E-state index in [1.165, 1.54) is 11.1 Å². The SMILES string of the molecule is CC1CC(=O)NN=C1c1ccc2c(c1)nnn2C(=O)C1CCCCC1. The molecule has 130 valence electrons. The van der Waals surface area contributed by atoms with E-state index in [-0.39, 0.29) is 23.7 Å². The van der Waals surface area contributed by atoms with Crippen LogP contribution in [-0.2, 0) is 4.79 Å². The van der Waals surface area contributed by atoms with Crippen molar-refractivity contribution in [2.75, 3.05) is 0 Å². The average molecular weight is 339 g/mol. The summed E-state index contributed by atoms with van der Waals surface area (Å²) in [7, 11) is 0. The molecule has 0 spiro atoms. The van der Waals surface area contributed by atoms with Crippen LogP contribution in [0.25, 0.3) is 11.0 Å². The normalized spacial score (nSPS) is 21.9. The van der Waals surface area contributed by atoms with Gasteiger partial charge in [0, 0.05) is 23.8 Å². The Kier molecular flexibility index (Phi) is 4.07. The third kappa shape index (κ3) is 2.94. The van der Waals surface area contributed by atoms with Crippen molar-refractivity contribution in [2.45, 2.75) is 45.4 Å². The van der Waals surface area contributed by atoms with Crippen molar-refractivity contribution >= 4 is 28.6 Å². The van der Waals surface area contributed by atoms with Crippen LogP contribution in [0.4, 0.5) is 0 Å². The molecule has 1 fully saturated rings. The molecule has 1 saturated carbocycles. The molecular formula is C18H21N5O2. The van der Waals surface area contributed by atoms with E-state index in [2.05, 4.69) is 20.8 Å². The Morgan fingerprint density at radius 3 is 2.80 bits per heavy atom. The summed E-state index contributed by atoms with van der Waals surface area (Å²) in [4.78, 5) is 24.1. The van der Waals surface area contributed by atoms with Gasteiger partial charge in [0.05, 0.1) is 11.2 Å². The second-order valence-electron chi connectivity index (χ2n) is 7.02. The highest BCUT2D eigenvalue weighted by Gasteiger charge is 2.26. The Bertz CT molecular complexity index is 863. The fourth-order valence-corrected chi connectivity index (χ4v) is 3.77. The maximum atomic E-state index is 12.7. The molecule has 1 aliphatic carbocycles. The summed E-state index contributed by atoms with van der Waals surface area (Å²) >= 11 is 0. The Morgan fingerprint density at radius 2 is 2.04 bits per heavy atom. The van der Waals surface area contributed by atoms with E-state index in [0.29, 0.717) is 11.9 Å². The van der Waals surface area contributed by atoms with E-state index >= 15 is 0 Å². The molecule has 0 bridgehead atoms. The minimum absolute atomic E-state index is 0.0464. The van der Waals surface area contributed by atoms with Gasteiger partial charge in [-0.2, -0.15) is 9.78 Å². The zero-order chi connectivity index (χ0) is 17.4. The number of amides is 1. The smallest absolute Gasteiger partial charge is 0.251 e. The monoisotopic (exact) mass is 339 g/mol. The molecule has 4 rings (SSSR count). The summed E-state index contributed by atoms with van der Waals surface area (Å²) in [6, 6.07) is 5.68. The lowest BCUT2D eigenvalue weighted by Gasteiger charge is -2.20. The summed E-state index contributed by atoms with van der Waals surface area (Å²) in [6.07, 6.45) is 5.72. The first-order valence-electron chi connectivity index (χ1n) is 8.90. The molecule has 1 aromatic heterocycles. The van der Waals surface area contributed by atoms with E-state index in [1.54, 1.807) is 0 Å². The van der Waals surface area contributed by atoms with Crippen LogP contribution < -0.4 is 5.43 Å². The van der Waals surface area contributed by atoms with Gasteiger partial charge in [-0.3, -0.25) is 9.59 Å². The van der Waals surface area contributed by atoms with Crippen molar-refractivity contribution in [2.24, 2.45) is 16.9 Å². The summed E-state index contributed by atoms with van der Waals surface area (Å²) in [5, 5.41) is 12.5. The van der Waals surface area contributed by atoms with Gasteiger partial charge >= 0.3 is 0 Å². The molecule has 0 radical (unpaired) electrons. The minimum atomic E-state index is -0.0682. The number of rotatable bonds is 2. The predicted octanol–water partition coefficient (Wildman–Crippen LogP) is 2.51. The third-order valence-corrected chi connectivity index (χ3v) is 5.16. The largest absolute Gasteiger partial charge is 0.273 e. The van der Waals surface area contributed by atoms with Crippen molar-refractivity contribution in [3.05, 3.63) is 23.8 Å². The number of nitrogens with one attached hydrogen (secondary N) is 1. The van der Waals surface area contributed by atoms with Crippen LogP contribution >= 0.6 is 0 Å².